The average Bonchev–Trinajstić information content (AvgIpc) is 2.28. The van der Waals surface area contributed by atoms with Gasteiger partial charge >= 0.3 is 0 Å². The van der Waals surface area contributed by atoms with Crippen LogP contribution in [0.15, 0.2) is 18.2 Å². The lowest BCUT2D eigenvalue weighted by Gasteiger charge is -2.08. The van der Waals surface area contributed by atoms with Crippen molar-refractivity contribution in [3.8, 4) is 0 Å². The Hall–Kier alpha value is -0.290. The second-order valence-electron chi connectivity index (χ2n) is 3.56. The molecular formula is C12H15ClINO. The molecule has 1 amide bonds. The molecule has 0 saturated heterocycles. The van der Waals surface area contributed by atoms with Gasteiger partial charge in [0.05, 0.1) is 0 Å². The number of hydrogen-bond acceptors (Lipinski definition) is 1. The zero-order chi connectivity index (χ0) is 12.0. The van der Waals surface area contributed by atoms with Gasteiger partial charge in [0.15, 0.2) is 0 Å². The topological polar surface area (TPSA) is 29.1 Å². The maximum absolute atomic E-state index is 11.8. The van der Waals surface area contributed by atoms with E-state index in [2.05, 4.69) is 27.9 Å². The van der Waals surface area contributed by atoms with Gasteiger partial charge in [-0.25, -0.2) is 0 Å². The van der Waals surface area contributed by atoms with E-state index in [1.165, 1.54) is 0 Å². The fraction of sp³-hybridized carbons (Fsp3) is 0.417. The predicted octanol–water partition coefficient (Wildman–Crippen LogP) is 3.59. The lowest BCUT2D eigenvalue weighted by atomic mass is 10.1. The first-order chi connectivity index (χ1) is 7.66. The van der Waals surface area contributed by atoms with Crippen LogP contribution >= 0.6 is 34.2 Å². The highest BCUT2D eigenvalue weighted by Crippen LogP contribution is 2.18. The molecule has 0 saturated carbocycles. The quantitative estimate of drug-likeness (QED) is 0.490. The summed E-state index contributed by atoms with van der Waals surface area (Å²) in [6.45, 7) is 2.59. The fourth-order valence-electron chi connectivity index (χ4n) is 1.37. The first kappa shape index (κ1) is 13.8. The first-order valence-corrected chi connectivity index (χ1v) is 7.16. The minimum atomic E-state index is -0.0338. The van der Waals surface area contributed by atoms with Crippen LogP contribution in [0, 0.1) is 6.92 Å². The third-order valence-electron chi connectivity index (χ3n) is 2.36. The van der Waals surface area contributed by atoms with Crippen LogP contribution in [0.25, 0.3) is 0 Å². The smallest absolute Gasteiger partial charge is 0.251 e. The van der Waals surface area contributed by atoms with Gasteiger partial charge in [0.2, 0.25) is 0 Å². The normalized spacial score (nSPS) is 10.2. The maximum atomic E-state index is 11.8. The lowest BCUT2D eigenvalue weighted by molar-refractivity contribution is 0.0952. The van der Waals surface area contributed by atoms with Gasteiger partial charge in [-0.3, -0.25) is 4.79 Å². The SMILES string of the molecule is Cc1c(Cl)cccc1C(=O)NCCCCI. The molecule has 1 aromatic carbocycles. The Morgan fingerprint density at radius 1 is 1.44 bits per heavy atom. The molecule has 0 fully saturated rings. The molecule has 0 aromatic heterocycles. The van der Waals surface area contributed by atoms with Gasteiger partial charge < -0.3 is 5.32 Å². The van der Waals surface area contributed by atoms with Crippen LogP contribution in [0.2, 0.25) is 5.02 Å². The number of carbonyl (C=O) groups excluding carboxylic acids is 1. The number of benzene rings is 1. The van der Waals surface area contributed by atoms with Crippen LogP contribution in [0.5, 0.6) is 0 Å². The Labute approximate surface area is 115 Å². The van der Waals surface area contributed by atoms with Crippen molar-refractivity contribution in [3.63, 3.8) is 0 Å². The minimum absolute atomic E-state index is 0.0338. The molecule has 0 heterocycles. The van der Waals surface area contributed by atoms with Crippen LogP contribution < -0.4 is 5.32 Å². The molecule has 16 heavy (non-hydrogen) atoms. The van der Waals surface area contributed by atoms with E-state index in [4.69, 9.17) is 11.6 Å². The molecule has 1 rings (SSSR count). The van der Waals surface area contributed by atoms with Gasteiger partial charge in [-0.15, -0.1) is 0 Å². The number of alkyl halides is 1. The molecule has 88 valence electrons. The number of rotatable bonds is 5. The largest absolute Gasteiger partial charge is 0.352 e. The fourth-order valence-corrected chi connectivity index (χ4v) is 2.08. The van der Waals surface area contributed by atoms with Crippen molar-refractivity contribution in [1.29, 1.82) is 0 Å². The van der Waals surface area contributed by atoms with Gasteiger partial charge in [0, 0.05) is 17.1 Å². The number of nitrogens with one attached hydrogen (secondary N) is 1. The lowest BCUT2D eigenvalue weighted by Crippen LogP contribution is -2.25. The Morgan fingerprint density at radius 2 is 2.19 bits per heavy atom. The van der Waals surface area contributed by atoms with E-state index in [9.17, 15) is 4.79 Å². The number of amides is 1. The first-order valence-electron chi connectivity index (χ1n) is 5.26. The monoisotopic (exact) mass is 351 g/mol. The molecule has 0 unspecified atom stereocenters. The van der Waals surface area contributed by atoms with Crippen LogP contribution in [0.1, 0.15) is 28.8 Å². The molecule has 4 heteroatoms. The molecule has 0 radical (unpaired) electrons. The van der Waals surface area contributed by atoms with Crippen LogP contribution in [0.4, 0.5) is 0 Å². The molecule has 1 aromatic rings. The summed E-state index contributed by atoms with van der Waals surface area (Å²) in [6, 6.07) is 5.40. The molecule has 0 aliphatic rings. The van der Waals surface area contributed by atoms with E-state index < -0.39 is 0 Å². The van der Waals surface area contributed by atoms with Gasteiger partial charge in [-0.05, 0) is 41.9 Å². The van der Waals surface area contributed by atoms with Crippen molar-refractivity contribution < 1.29 is 4.79 Å². The highest BCUT2D eigenvalue weighted by Gasteiger charge is 2.09. The summed E-state index contributed by atoms with van der Waals surface area (Å²) in [5.74, 6) is -0.0338. The average molecular weight is 352 g/mol. The Kier molecular flexibility index (Phi) is 6.13. The summed E-state index contributed by atoms with van der Waals surface area (Å²) >= 11 is 8.30. The van der Waals surface area contributed by atoms with Crippen molar-refractivity contribution >= 4 is 40.1 Å². The summed E-state index contributed by atoms with van der Waals surface area (Å²) in [6.07, 6.45) is 2.16. The van der Waals surface area contributed by atoms with Crippen LogP contribution in [0.3, 0.4) is 0 Å². The summed E-state index contributed by atoms with van der Waals surface area (Å²) in [5.41, 5.74) is 1.51. The third kappa shape index (κ3) is 3.94. The van der Waals surface area contributed by atoms with Crippen molar-refractivity contribution in [2.24, 2.45) is 0 Å². The van der Waals surface area contributed by atoms with E-state index in [0.29, 0.717) is 10.6 Å². The van der Waals surface area contributed by atoms with E-state index in [1.807, 2.05) is 6.92 Å². The van der Waals surface area contributed by atoms with E-state index >= 15 is 0 Å². The minimum Gasteiger partial charge on any atom is -0.352 e. The highest BCUT2D eigenvalue weighted by atomic mass is 127. The molecular weight excluding hydrogens is 336 g/mol. The molecule has 0 spiro atoms. The zero-order valence-corrected chi connectivity index (χ0v) is 12.1. The van der Waals surface area contributed by atoms with Crippen molar-refractivity contribution in [2.75, 3.05) is 11.0 Å². The van der Waals surface area contributed by atoms with Crippen molar-refractivity contribution in [1.82, 2.24) is 5.32 Å². The summed E-state index contributed by atoms with van der Waals surface area (Å²) < 4.78 is 1.13. The van der Waals surface area contributed by atoms with Crippen LogP contribution in [-0.2, 0) is 0 Å². The molecule has 2 nitrogen and oxygen atoms in total. The second-order valence-corrected chi connectivity index (χ2v) is 5.05. The predicted molar refractivity (Wildman–Crippen MR) is 76.6 cm³/mol. The molecule has 0 atom stereocenters. The third-order valence-corrected chi connectivity index (χ3v) is 3.53. The zero-order valence-electron chi connectivity index (χ0n) is 9.22. The second kappa shape index (κ2) is 7.12. The van der Waals surface area contributed by atoms with Gasteiger partial charge in [0.1, 0.15) is 0 Å². The van der Waals surface area contributed by atoms with Gasteiger partial charge in [-0.1, -0.05) is 40.3 Å². The molecule has 0 aliphatic heterocycles. The molecule has 1 N–H and O–H groups in total. The van der Waals surface area contributed by atoms with Gasteiger partial charge in [0.25, 0.3) is 5.91 Å². The van der Waals surface area contributed by atoms with Gasteiger partial charge in [-0.2, -0.15) is 0 Å². The number of halogens is 2. The van der Waals surface area contributed by atoms with Crippen LogP contribution in [-0.4, -0.2) is 16.9 Å². The highest BCUT2D eigenvalue weighted by molar-refractivity contribution is 14.1. The maximum Gasteiger partial charge on any atom is 0.251 e. The summed E-state index contributed by atoms with van der Waals surface area (Å²) in [4.78, 5) is 11.8. The van der Waals surface area contributed by atoms with E-state index in [1.54, 1.807) is 18.2 Å². The molecule has 0 bridgehead atoms. The summed E-state index contributed by atoms with van der Waals surface area (Å²) in [5, 5.41) is 3.54. The summed E-state index contributed by atoms with van der Waals surface area (Å²) in [7, 11) is 0. The number of carbonyl (C=O) groups is 1. The number of unbranched alkanes of at least 4 members (excludes halogenated alkanes) is 1. The Morgan fingerprint density at radius 3 is 2.88 bits per heavy atom. The van der Waals surface area contributed by atoms with Crippen molar-refractivity contribution in [3.05, 3.63) is 34.3 Å². The molecule has 0 aliphatic carbocycles. The van der Waals surface area contributed by atoms with E-state index in [-0.39, 0.29) is 5.91 Å². The van der Waals surface area contributed by atoms with Crippen molar-refractivity contribution in [2.45, 2.75) is 19.8 Å². The number of hydrogen-bond donors (Lipinski definition) is 1. The Bertz CT molecular complexity index is 368. The standard InChI is InChI=1S/C12H15ClINO/c1-9-10(5-4-6-11(9)13)12(16)15-8-3-2-7-14/h4-6H,2-3,7-8H2,1H3,(H,15,16). The Balaban J connectivity index is 2.56. The van der Waals surface area contributed by atoms with E-state index in [0.717, 1.165) is 29.4 Å².